The Hall–Kier alpha value is -5.18. The molecule has 216 valence electrons. The molecule has 2 N–H and O–H groups in total. The number of fused-ring (bicyclic) bond motifs is 1. The number of ether oxygens (including phenoxy) is 2. The number of nitrogens with zero attached hydrogens (tertiary/aromatic N) is 6. The van der Waals surface area contributed by atoms with Crippen molar-refractivity contribution in [1.29, 1.82) is 5.26 Å². The number of carbonyl (C=O) groups excluding carboxylic acids is 2. The summed E-state index contributed by atoms with van der Waals surface area (Å²) in [5.74, 6) is 1.61. The number of hydrogen-bond donors (Lipinski definition) is 2. The lowest BCUT2D eigenvalue weighted by atomic mass is 10.1. The van der Waals surface area contributed by atoms with Crippen LogP contribution in [0.4, 0.5) is 16.4 Å². The standard InChI is InChI=1S/C30H32N8O4/c1-30(2,3)42-29(40)38-15-5-6-21(18-38)34-26-25-23(12-14-33-27(25)37(4)36-26)41-22-9-7-20(8-10-22)28(39)35-24-16-19(17-31)11-13-32-24/h7-14,16,21H,5-6,15,18H2,1-4H3,(H,34,36)(H,32,35,39)/t21-/m1/s1. The lowest BCUT2D eigenvalue weighted by Crippen LogP contribution is -2.47. The van der Waals surface area contributed by atoms with Gasteiger partial charge in [0.05, 0.1) is 11.6 Å². The number of likely N-dealkylation sites (tertiary alicyclic amines) is 1. The molecule has 1 saturated heterocycles. The van der Waals surface area contributed by atoms with Crippen LogP contribution in [0.3, 0.4) is 0 Å². The summed E-state index contributed by atoms with van der Waals surface area (Å²) in [4.78, 5) is 35.6. The molecule has 12 heteroatoms. The summed E-state index contributed by atoms with van der Waals surface area (Å²) in [7, 11) is 1.81. The fourth-order valence-corrected chi connectivity index (χ4v) is 4.67. The molecule has 1 atom stereocenters. The zero-order chi connectivity index (χ0) is 29.9. The van der Waals surface area contributed by atoms with Crippen molar-refractivity contribution in [2.75, 3.05) is 23.7 Å². The number of benzene rings is 1. The van der Waals surface area contributed by atoms with Crippen molar-refractivity contribution < 1.29 is 19.1 Å². The summed E-state index contributed by atoms with van der Waals surface area (Å²) in [6.45, 7) is 6.70. The molecule has 0 bridgehead atoms. The van der Waals surface area contributed by atoms with E-state index in [1.807, 2.05) is 33.9 Å². The van der Waals surface area contributed by atoms with Crippen LogP contribution >= 0.6 is 0 Å². The average molecular weight is 569 g/mol. The Morgan fingerprint density at radius 1 is 1.10 bits per heavy atom. The lowest BCUT2D eigenvalue weighted by molar-refractivity contribution is 0.0206. The number of piperidine rings is 1. The molecule has 4 aromatic rings. The third-order valence-corrected chi connectivity index (χ3v) is 6.57. The summed E-state index contributed by atoms with van der Waals surface area (Å²) in [5, 5.41) is 20.6. The molecule has 42 heavy (non-hydrogen) atoms. The van der Waals surface area contributed by atoms with Crippen LogP contribution in [0.5, 0.6) is 11.5 Å². The Bertz CT molecular complexity index is 1650. The van der Waals surface area contributed by atoms with Crippen LogP contribution in [0.15, 0.2) is 54.9 Å². The topological polar surface area (TPSA) is 147 Å². The number of pyridine rings is 2. The van der Waals surface area contributed by atoms with E-state index >= 15 is 0 Å². The minimum atomic E-state index is -0.560. The molecule has 1 fully saturated rings. The molecular weight excluding hydrogens is 536 g/mol. The van der Waals surface area contributed by atoms with Gasteiger partial charge in [0.2, 0.25) is 0 Å². The van der Waals surface area contributed by atoms with Gasteiger partial charge in [0.15, 0.2) is 11.5 Å². The Morgan fingerprint density at radius 2 is 1.86 bits per heavy atom. The third kappa shape index (κ3) is 6.58. The number of nitrogens with one attached hydrogen (secondary N) is 2. The molecule has 0 spiro atoms. The van der Waals surface area contributed by atoms with E-state index in [-0.39, 0.29) is 18.0 Å². The molecule has 1 aliphatic rings. The van der Waals surface area contributed by atoms with E-state index in [2.05, 4.69) is 25.7 Å². The Morgan fingerprint density at radius 3 is 2.60 bits per heavy atom. The van der Waals surface area contributed by atoms with Gasteiger partial charge in [-0.1, -0.05) is 0 Å². The second kappa shape index (κ2) is 11.7. The summed E-state index contributed by atoms with van der Waals surface area (Å²) >= 11 is 0. The number of amides is 2. The number of anilines is 2. The van der Waals surface area contributed by atoms with Crippen molar-refractivity contribution in [1.82, 2.24) is 24.6 Å². The number of rotatable bonds is 6. The second-order valence-corrected chi connectivity index (χ2v) is 11.0. The van der Waals surface area contributed by atoms with Crippen LogP contribution in [-0.2, 0) is 11.8 Å². The highest BCUT2D eigenvalue weighted by Crippen LogP contribution is 2.34. The van der Waals surface area contributed by atoms with Gasteiger partial charge in [-0.15, -0.1) is 0 Å². The van der Waals surface area contributed by atoms with Gasteiger partial charge in [-0.2, -0.15) is 10.4 Å². The molecule has 3 aromatic heterocycles. The largest absolute Gasteiger partial charge is 0.456 e. The fourth-order valence-electron chi connectivity index (χ4n) is 4.67. The highest BCUT2D eigenvalue weighted by atomic mass is 16.6. The maximum Gasteiger partial charge on any atom is 0.410 e. The van der Waals surface area contributed by atoms with Crippen LogP contribution < -0.4 is 15.4 Å². The first-order valence-corrected chi connectivity index (χ1v) is 13.6. The van der Waals surface area contributed by atoms with Gasteiger partial charge in [0.1, 0.15) is 28.3 Å². The number of carbonyl (C=O) groups is 2. The van der Waals surface area contributed by atoms with Crippen molar-refractivity contribution in [3.8, 4) is 17.6 Å². The van der Waals surface area contributed by atoms with Gasteiger partial charge in [-0.3, -0.25) is 4.79 Å². The normalized spacial score (nSPS) is 15.1. The number of aromatic nitrogens is 4. The minimum absolute atomic E-state index is 0.0291. The predicted octanol–water partition coefficient (Wildman–Crippen LogP) is 5.09. The zero-order valence-electron chi connectivity index (χ0n) is 23.9. The first kappa shape index (κ1) is 28.4. The Labute approximate surface area is 243 Å². The molecule has 0 aliphatic carbocycles. The molecule has 4 heterocycles. The smallest absolute Gasteiger partial charge is 0.410 e. The summed E-state index contributed by atoms with van der Waals surface area (Å²) in [6.07, 6.45) is 4.50. The van der Waals surface area contributed by atoms with Gasteiger partial charge in [0, 0.05) is 50.2 Å². The van der Waals surface area contributed by atoms with E-state index in [1.54, 1.807) is 52.2 Å². The predicted molar refractivity (Wildman–Crippen MR) is 156 cm³/mol. The van der Waals surface area contributed by atoms with Crippen molar-refractivity contribution in [2.24, 2.45) is 7.05 Å². The van der Waals surface area contributed by atoms with E-state index in [0.717, 1.165) is 12.8 Å². The number of aryl methyl sites for hydroxylation is 1. The lowest BCUT2D eigenvalue weighted by Gasteiger charge is -2.34. The molecule has 0 saturated carbocycles. The highest BCUT2D eigenvalue weighted by molar-refractivity contribution is 6.03. The van der Waals surface area contributed by atoms with E-state index in [4.69, 9.17) is 14.7 Å². The van der Waals surface area contributed by atoms with Crippen LogP contribution in [0.2, 0.25) is 0 Å². The molecule has 0 unspecified atom stereocenters. The molecule has 5 rings (SSSR count). The van der Waals surface area contributed by atoms with Crippen molar-refractivity contribution in [3.63, 3.8) is 0 Å². The molecular formula is C30H32N8O4. The van der Waals surface area contributed by atoms with E-state index < -0.39 is 5.60 Å². The first-order valence-electron chi connectivity index (χ1n) is 13.6. The van der Waals surface area contributed by atoms with Gasteiger partial charge in [-0.25, -0.2) is 19.4 Å². The third-order valence-electron chi connectivity index (χ3n) is 6.57. The minimum Gasteiger partial charge on any atom is -0.456 e. The molecule has 1 aliphatic heterocycles. The van der Waals surface area contributed by atoms with Gasteiger partial charge in [0.25, 0.3) is 5.91 Å². The molecule has 0 radical (unpaired) electrons. The van der Waals surface area contributed by atoms with Crippen LogP contribution in [0, 0.1) is 11.3 Å². The van der Waals surface area contributed by atoms with Crippen LogP contribution in [-0.4, -0.2) is 61.4 Å². The van der Waals surface area contributed by atoms with Crippen molar-refractivity contribution in [3.05, 3.63) is 66.0 Å². The first-order chi connectivity index (χ1) is 20.1. The summed E-state index contributed by atoms with van der Waals surface area (Å²) in [6, 6.07) is 13.5. The highest BCUT2D eigenvalue weighted by Gasteiger charge is 2.29. The fraction of sp³-hybridized carbons (Fsp3) is 0.333. The van der Waals surface area contributed by atoms with Gasteiger partial charge in [-0.05, 0) is 70.0 Å². The maximum atomic E-state index is 12.7. The molecule has 2 amide bonds. The molecule has 1 aromatic carbocycles. The summed E-state index contributed by atoms with van der Waals surface area (Å²) < 4.78 is 13.5. The SMILES string of the molecule is Cn1nc(N[C@@H]2CCCN(C(=O)OC(C)(C)C)C2)c2c(Oc3ccc(C(=O)Nc4cc(C#N)ccn4)cc3)ccnc21. The number of nitriles is 1. The van der Waals surface area contributed by atoms with E-state index in [9.17, 15) is 9.59 Å². The summed E-state index contributed by atoms with van der Waals surface area (Å²) in [5.41, 5.74) is 0.885. The Balaban J connectivity index is 1.31. The van der Waals surface area contributed by atoms with Crippen LogP contribution in [0.1, 0.15) is 49.5 Å². The van der Waals surface area contributed by atoms with Crippen molar-refractivity contribution in [2.45, 2.75) is 45.3 Å². The number of hydrogen-bond acceptors (Lipinski definition) is 9. The van der Waals surface area contributed by atoms with E-state index in [0.29, 0.717) is 58.4 Å². The second-order valence-electron chi connectivity index (χ2n) is 11.0. The van der Waals surface area contributed by atoms with Gasteiger partial charge >= 0.3 is 6.09 Å². The monoisotopic (exact) mass is 568 g/mol. The molecule has 12 nitrogen and oxygen atoms in total. The Kier molecular flexibility index (Phi) is 7.93. The van der Waals surface area contributed by atoms with Crippen molar-refractivity contribution >= 4 is 34.7 Å². The zero-order valence-corrected chi connectivity index (χ0v) is 23.9. The maximum absolute atomic E-state index is 12.7. The van der Waals surface area contributed by atoms with Gasteiger partial charge < -0.3 is 25.0 Å². The quantitative estimate of drug-likeness (QED) is 0.324. The van der Waals surface area contributed by atoms with E-state index in [1.165, 1.54) is 12.3 Å². The van der Waals surface area contributed by atoms with Crippen LogP contribution in [0.25, 0.3) is 11.0 Å². The average Bonchev–Trinajstić information content (AvgIpc) is 3.28.